The quantitative estimate of drug-likeness (QED) is 0.346. The molecule has 3 amide bonds. The van der Waals surface area contributed by atoms with Crippen molar-refractivity contribution in [2.45, 2.75) is 6.42 Å². The lowest BCUT2D eigenvalue weighted by Gasteiger charge is -2.03. The third kappa shape index (κ3) is 4.90. The number of H-pyrrole nitrogens is 2. The highest BCUT2D eigenvalue weighted by molar-refractivity contribution is 6.03. The van der Waals surface area contributed by atoms with Crippen LogP contribution in [0.5, 0.6) is 0 Å². The van der Waals surface area contributed by atoms with Gasteiger partial charge in [-0.1, -0.05) is 30.0 Å². The number of carbonyl (C=O) groups excluding carboxylic acids is 3. The molecule has 0 radical (unpaired) electrons. The van der Waals surface area contributed by atoms with Crippen LogP contribution in [0, 0.1) is 11.8 Å². The van der Waals surface area contributed by atoms with Crippen LogP contribution in [-0.2, 0) is 11.2 Å². The second-order valence-electron chi connectivity index (χ2n) is 6.19. The minimum Gasteiger partial charge on any atom is -0.369 e. The van der Waals surface area contributed by atoms with E-state index in [1.54, 1.807) is 12.1 Å². The summed E-state index contributed by atoms with van der Waals surface area (Å²) in [6, 6.07) is 9.73. The zero-order valence-electron chi connectivity index (χ0n) is 15.7. The van der Waals surface area contributed by atoms with Gasteiger partial charge in [-0.2, -0.15) is 5.10 Å². The van der Waals surface area contributed by atoms with Gasteiger partial charge in [0.15, 0.2) is 0 Å². The van der Waals surface area contributed by atoms with E-state index in [0.717, 1.165) is 10.9 Å². The first-order valence-electron chi connectivity index (χ1n) is 8.91. The molecule has 2 aromatic heterocycles. The minimum atomic E-state index is -0.540. The number of benzene rings is 1. The van der Waals surface area contributed by atoms with Crippen LogP contribution in [0.4, 0.5) is 0 Å². The van der Waals surface area contributed by atoms with Gasteiger partial charge in [-0.05, 0) is 17.7 Å². The Hall–Kier alpha value is -4.39. The van der Waals surface area contributed by atoms with Gasteiger partial charge in [0.2, 0.25) is 5.91 Å². The molecule has 0 saturated carbocycles. The number of nitrogens with one attached hydrogen (secondary N) is 4. The second-order valence-corrected chi connectivity index (χ2v) is 6.19. The Morgan fingerprint density at radius 3 is 2.37 bits per heavy atom. The summed E-state index contributed by atoms with van der Waals surface area (Å²) < 4.78 is 0. The zero-order valence-corrected chi connectivity index (χ0v) is 15.7. The molecule has 0 spiro atoms. The molecule has 10 heteroatoms. The van der Waals surface area contributed by atoms with Crippen molar-refractivity contribution in [1.29, 1.82) is 0 Å². The van der Waals surface area contributed by atoms with Crippen molar-refractivity contribution in [2.24, 2.45) is 5.73 Å². The van der Waals surface area contributed by atoms with Gasteiger partial charge in [0.25, 0.3) is 17.4 Å². The Balaban J connectivity index is 1.56. The predicted molar refractivity (Wildman–Crippen MR) is 108 cm³/mol. The highest BCUT2D eigenvalue weighted by Gasteiger charge is 2.18. The van der Waals surface area contributed by atoms with Gasteiger partial charge in [-0.15, -0.1) is 0 Å². The maximum Gasteiger partial charge on any atom is 0.272 e. The van der Waals surface area contributed by atoms with Gasteiger partial charge in [0.1, 0.15) is 11.4 Å². The number of aromatic amines is 2. The van der Waals surface area contributed by atoms with Crippen molar-refractivity contribution >= 4 is 28.6 Å². The summed E-state index contributed by atoms with van der Waals surface area (Å²) in [5, 5.41) is 11.7. The number of amides is 3. The highest BCUT2D eigenvalue weighted by atomic mass is 16.2. The SMILES string of the molecule is NC(=O)Cc1c(C(=O)NCC#CCNC(=O)c2ccc(=O)[nH]n2)[nH]c2ccccc12. The number of hydrogen-bond acceptors (Lipinski definition) is 5. The fourth-order valence-corrected chi connectivity index (χ4v) is 2.78. The van der Waals surface area contributed by atoms with Crippen molar-refractivity contribution in [3.05, 3.63) is 63.7 Å². The fourth-order valence-electron chi connectivity index (χ4n) is 2.78. The summed E-state index contributed by atoms with van der Waals surface area (Å²) in [5.41, 5.74) is 6.48. The summed E-state index contributed by atoms with van der Waals surface area (Å²) in [4.78, 5) is 49.6. The summed E-state index contributed by atoms with van der Waals surface area (Å²) in [6.07, 6.45) is -0.0662. The number of nitrogens with two attached hydrogens (primary N) is 1. The van der Waals surface area contributed by atoms with Crippen LogP contribution in [0.25, 0.3) is 10.9 Å². The molecule has 0 aliphatic heterocycles. The van der Waals surface area contributed by atoms with E-state index in [0.29, 0.717) is 5.56 Å². The van der Waals surface area contributed by atoms with Crippen LogP contribution in [0.15, 0.2) is 41.2 Å². The number of para-hydroxylation sites is 1. The van der Waals surface area contributed by atoms with Crippen molar-refractivity contribution in [3.63, 3.8) is 0 Å². The van der Waals surface area contributed by atoms with Crippen LogP contribution in [0.3, 0.4) is 0 Å². The third-order valence-corrected chi connectivity index (χ3v) is 4.10. The Kier molecular flexibility index (Phi) is 6.24. The van der Waals surface area contributed by atoms with E-state index < -0.39 is 23.3 Å². The van der Waals surface area contributed by atoms with Gasteiger partial charge in [0.05, 0.1) is 19.5 Å². The topological polar surface area (TPSA) is 163 Å². The first-order chi connectivity index (χ1) is 14.5. The number of primary amides is 1. The summed E-state index contributed by atoms with van der Waals surface area (Å²) in [6.45, 7) is 0.0752. The number of fused-ring (bicyclic) bond motifs is 1. The lowest BCUT2D eigenvalue weighted by Crippen LogP contribution is -2.27. The van der Waals surface area contributed by atoms with Gasteiger partial charge < -0.3 is 21.4 Å². The van der Waals surface area contributed by atoms with Crippen molar-refractivity contribution in [2.75, 3.05) is 13.1 Å². The summed E-state index contributed by atoms with van der Waals surface area (Å²) >= 11 is 0. The van der Waals surface area contributed by atoms with Crippen LogP contribution < -0.4 is 21.9 Å². The van der Waals surface area contributed by atoms with Crippen LogP contribution in [-0.4, -0.2) is 46.0 Å². The zero-order chi connectivity index (χ0) is 21.5. The lowest BCUT2D eigenvalue weighted by atomic mass is 10.1. The average Bonchev–Trinajstić information content (AvgIpc) is 3.09. The van der Waals surface area contributed by atoms with E-state index in [2.05, 4.69) is 37.7 Å². The average molecular weight is 406 g/mol. The van der Waals surface area contributed by atoms with E-state index in [-0.39, 0.29) is 30.9 Å². The highest BCUT2D eigenvalue weighted by Crippen LogP contribution is 2.22. The van der Waals surface area contributed by atoms with E-state index in [4.69, 9.17) is 5.73 Å². The number of rotatable bonds is 6. The normalized spacial score (nSPS) is 10.1. The molecule has 2 heterocycles. The van der Waals surface area contributed by atoms with Gasteiger partial charge in [-0.25, -0.2) is 5.10 Å². The third-order valence-electron chi connectivity index (χ3n) is 4.10. The largest absolute Gasteiger partial charge is 0.369 e. The molecule has 0 bridgehead atoms. The maximum absolute atomic E-state index is 12.5. The predicted octanol–water partition coefficient (Wildman–Crippen LogP) is -0.558. The van der Waals surface area contributed by atoms with Gasteiger partial charge >= 0.3 is 0 Å². The molecule has 0 aliphatic rings. The number of aromatic nitrogens is 3. The molecule has 10 nitrogen and oxygen atoms in total. The second kappa shape index (κ2) is 9.20. The van der Waals surface area contributed by atoms with E-state index in [1.807, 2.05) is 12.1 Å². The molecule has 1 aromatic carbocycles. The van der Waals surface area contributed by atoms with Crippen molar-refractivity contribution < 1.29 is 14.4 Å². The molecule has 6 N–H and O–H groups in total. The van der Waals surface area contributed by atoms with Crippen LogP contribution in [0.2, 0.25) is 0 Å². The Morgan fingerprint density at radius 2 is 1.70 bits per heavy atom. The molecular formula is C20H18N6O4. The Labute approximate surface area is 170 Å². The molecule has 0 saturated heterocycles. The van der Waals surface area contributed by atoms with Crippen LogP contribution in [0.1, 0.15) is 26.5 Å². The minimum absolute atomic E-state index is 0.0365. The smallest absolute Gasteiger partial charge is 0.272 e. The number of nitrogens with zero attached hydrogens (tertiary/aromatic N) is 1. The molecule has 3 aromatic rings. The van der Waals surface area contributed by atoms with E-state index >= 15 is 0 Å². The lowest BCUT2D eigenvalue weighted by molar-refractivity contribution is -0.117. The van der Waals surface area contributed by atoms with Gasteiger partial charge in [-0.3, -0.25) is 19.2 Å². The fraction of sp³-hybridized carbons (Fsp3) is 0.150. The molecule has 0 aliphatic carbocycles. The van der Waals surface area contributed by atoms with E-state index in [1.165, 1.54) is 12.1 Å². The van der Waals surface area contributed by atoms with Gasteiger partial charge in [0, 0.05) is 17.0 Å². The number of hydrogen-bond donors (Lipinski definition) is 5. The van der Waals surface area contributed by atoms with Crippen molar-refractivity contribution in [1.82, 2.24) is 25.8 Å². The maximum atomic E-state index is 12.5. The monoisotopic (exact) mass is 406 g/mol. The first kappa shape index (κ1) is 20.3. The molecule has 30 heavy (non-hydrogen) atoms. The molecule has 3 rings (SSSR count). The molecule has 152 valence electrons. The standard InChI is InChI=1S/C20H18N6O4/c21-16(27)11-13-12-5-1-2-6-14(12)24-18(13)20(30)23-10-4-3-9-22-19(29)15-7-8-17(28)26-25-15/h1-2,5-8,24H,9-11H2,(H2,21,27)(H,22,29)(H,23,30)(H,26,28). The number of carbonyl (C=O) groups is 3. The Morgan fingerprint density at radius 1 is 1.00 bits per heavy atom. The molecule has 0 unspecified atom stereocenters. The molecule has 0 fully saturated rings. The summed E-state index contributed by atoms with van der Waals surface area (Å²) in [5.74, 6) is 3.97. The Bertz CT molecular complexity index is 1210. The molecular weight excluding hydrogens is 388 g/mol. The van der Waals surface area contributed by atoms with Crippen molar-refractivity contribution in [3.8, 4) is 11.8 Å². The van der Waals surface area contributed by atoms with E-state index in [9.17, 15) is 19.2 Å². The van der Waals surface area contributed by atoms with Crippen LogP contribution >= 0.6 is 0 Å². The summed E-state index contributed by atoms with van der Waals surface area (Å²) in [7, 11) is 0. The first-order valence-corrected chi connectivity index (χ1v) is 8.91. The molecule has 0 atom stereocenters.